The summed E-state index contributed by atoms with van der Waals surface area (Å²) in [6, 6.07) is 18.2. The van der Waals surface area contributed by atoms with Gasteiger partial charge in [0.25, 0.3) is 5.56 Å². The fourth-order valence-corrected chi connectivity index (χ4v) is 3.22. The van der Waals surface area contributed by atoms with Gasteiger partial charge in [-0.3, -0.25) is 9.59 Å². The minimum absolute atomic E-state index is 0.0901. The molecule has 2 aromatic carbocycles. The summed E-state index contributed by atoms with van der Waals surface area (Å²) < 4.78 is 5.73. The fourth-order valence-electron chi connectivity index (χ4n) is 3.22. The van der Waals surface area contributed by atoms with Gasteiger partial charge in [-0.05, 0) is 37.6 Å². The van der Waals surface area contributed by atoms with Gasteiger partial charge < -0.3 is 14.7 Å². The molecule has 1 amide bonds. The number of rotatable bonds is 6. The summed E-state index contributed by atoms with van der Waals surface area (Å²) in [5.74, 6) is 1.37. The Hall–Kier alpha value is -4.00. The first-order valence-electron chi connectivity index (χ1n) is 10.0. The van der Waals surface area contributed by atoms with E-state index in [9.17, 15) is 9.59 Å². The third-order valence-electron chi connectivity index (χ3n) is 4.82. The van der Waals surface area contributed by atoms with Gasteiger partial charge in [0.05, 0.1) is 12.1 Å². The number of aryl methyl sites for hydroxylation is 2. The number of benzene rings is 2. The Balaban J connectivity index is 1.50. The monoisotopic (exact) mass is 414 g/mol. The van der Waals surface area contributed by atoms with E-state index in [0.29, 0.717) is 46.5 Å². The summed E-state index contributed by atoms with van der Waals surface area (Å²) >= 11 is 0. The number of aromatic amines is 1. The second-order valence-corrected chi connectivity index (χ2v) is 7.13. The van der Waals surface area contributed by atoms with Crippen LogP contribution in [0.5, 0.6) is 0 Å². The minimum atomic E-state index is -0.211. The molecule has 2 aromatic heterocycles. The Morgan fingerprint density at radius 3 is 2.58 bits per heavy atom. The predicted octanol–water partition coefficient (Wildman–Crippen LogP) is 4.14. The third kappa shape index (κ3) is 4.78. The van der Waals surface area contributed by atoms with Crippen LogP contribution in [0.4, 0.5) is 5.69 Å². The smallest absolute Gasteiger partial charge is 0.251 e. The van der Waals surface area contributed by atoms with Crippen LogP contribution >= 0.6 is 0 Å². The number of H-pyrrole nitrogens is 1. The number of carbonyl (C=O) groups excluding carboxylic acids is 1. The van der Waals surface area contributed by atoms with Gasteiger partial charge in [0.15, 0.2) is 0 Å². The minimum Gasteiger partial charge on any atom is -0.441 e. The molecule has 0 aliphatic carbocycles. The zero-order chi connectivity index (χ0) is 21.8. The maximum absolute atomic E-state index is 12.6. The summed E-state index contributed by atoms with van der Waals surface area (Å²) in [4.78, 5) is 36.2. The van der Waals surface area contributed by atoms with Crippen LogP contribution in [-0.4, -0.2) is 20.9 Å². The molecule has 0 saturated heterocycles. The number of carbonyl (C=O) groups is 1. The van der Waals surface area contributed by atoms with E-state index < -0.39 is 0 Å². The van der Waals surface area contributed by atoms with Crippen LogP contribution in [0.25, 0.3) is 22.8 Å². The highest BCUT2D eigenvalue weighted by molar-refractivity contribution is 5.92. The number of nitrogens with zero attached hydrogens (tertiary/aromatic N) is 2. The SMILES string of the molecule is CCc1cc(=O)[nH]c(-c2cccc(NC(=O)Cc3nc(-c4ccccc4)oc3C)c2)n1. The summed E-state index contributed by atoms with van der Waals surface area (Å²) in [5.41, 5.74) is 3.29. The van der Waals surface area contributed by atoms with Crippen molar-refractivity contribution in [3.8, 4) is 22.8 Å². The van der Waals surface area contributed by atoms with Gasteiger partial charge in [0.2, 0.25) is 11.8 Å². The van der Waals surface area contributed by atoms with Crippen molar-refractivity contribution in [3.05, 3.63) is 88.2 Å². The fraction of sp³-hybridized carbons (Fsp3) is 0.167. The molecule has 0 bridgehead atoms. The normalized spacial score (nSPS) is 10.8. The second kappa shape index (κ2) is 8.79. The largest absolute Gasteiger partial charge is 0.441 e. The number of nitrogens with one attached hydrogen (secondary N) is 2. The number of amides is 1. The quantitative estimate of drug-likeness (QED) is 0.494. The third-order valence-corrected chi connectivity index (χ3v) is 4.82. The zero-order valence-corrected chi connectivity index (χ0v) is 17.3. The molecule has 156 valence electrons. The summed E-state index contributed by atoms with van der Waals surface area (Å²) in [7, 11) is 0. The zero-order valence-electron chi connectivity index (χ0n) is 17.3. The lowest BCUT2D eigenvalue weighted by Crippen LogP contribution is -2.15. The van der Waals surface area contributed by atoms with Crippen molar-refractivity contribution in [3.63, 3.8) is 0 Å². The van der Waals surface area contributed by atoms with Gasteiger partial charge in [0.1, 0.15) is 11.6 Å². The van der Waals surface area contributed by atoms with E-state index in [0.717, 1.165) is 5.56 Å². The molecule has 2 N–H and O–H groups in total. The van der Waals surface area contributed by atoms with Crippen molar-refractivity contribution >= 4 is 11.6 Å². The summed E-state index contributed by atoms with van der Waals surface area (Å²) in [6.07, 6.45) is 0.752. The van der Waals surface area contributed by atoms with Crippen molar-refractivity contribution in [2.24, 2.45) is 0 Å². The molecule has 2 heterocycles. The van der Waals surface area contributed by atoms with Gasteiger partial charge in [-0.1, -0.05) is 37.3 Å². The second-order valence-electron chi connectivity index (χ2n) is 7.13. The average molecular weight is 414 g/mol. The Morgan fingerprint density at radius 2 is 1.81 bits per heavy atom. The molecule has 31 heavy (non-hydrogen) atoms. The van der Waals surface area contributed by atoms with Crippen molar-refractivity contribution in [1.82, 2.24) is 15.0 Å². The van der Waals surface area contributed by atoms with Crippen LogP contribution in [0.2, 0.25) is 0 Å². The molecular weight excluding hydrogens is 392 g/mol. The maximum Gasteiger partial charge on any atom is 0.251 e. The summed E-state index contributed by atoms with van der Waals surface area (Å²) in [5, 5.41) is 2.88. The van der Waals surface area contributed by atoms with Crippen LogP contribution in [0.1, 0.15) is 24.1 Å². The summed E-state index contributed by atoms with van der Waals surface area (Å²) in [6.45, 7) is 3.74. The van der Waals surface area contributed by atoms with E-state index in [4.69, 9.17) is 4.42 Å². The molecule has 0 fully saturated rings. The van der Waals surface area contributed by atoms with Crippen molar-refractivity contribution in [2.75, 3.05) is 5.32 Å². The molecule has 0 unspecified atom stereocenters. The Bertz CT molecular complexity index is 1280. The van der Waals surface area contributed by atoms with E-state index in [1.165, 1.54) is 6.07 Å². The van der Waals surface area contributed by atoms with Crippen LogP contribution < -0.4 is 10.9 Å². The Kier molecular flexibility index (Phi) is 5.75. The first-order chi connectivity index (χ1) is 15.0. The van der Waals surface area contributed by atoms with Crippen LogP contribution in [-0.2, 0) is 17.6 Å². The average Bonchev–Trinajstić information content (AvgIpc) is 3.14. The number of oxazole rings is 1. The first-order valence-corrected chi connectivity index (χ1v) is 10.0. The van der Waals surface area contributed by atoms with Gasteiger partial charge in [-0.25, -0.2) is 9.97 Å². The molecular formula is C24H22N4O3. The van der Waals surface area contributed by atoms with E-state index in [-0.39, 0.29) is 17.9 Å². The first kappa shape index (κ1) is 20.3. The highest BCUT2D eigenvalue weighted by atomic mass is 16.4. The Labute approximate surface area is 179 Å². The molecule has 4 aromatic rings. The van der Waals surface area contributed by atoms with Gasteiger partial charge in [-0.15, -0.1) is 0 Å². The number of hydrogen-bond donors (Lipinski definition) is 2. The van der Waals surface area contributed by atoms with Crippen LogP contribution in [0, 0.1) is 6.92 Å². The highest BCUT2D eigenvalue weighted by Crippen LogP contribution is 2.23. The van der Waals surface area contributed by atoms with E-state index >= 15 is 0 Å². The van der Waals surface area contributed by atoms with Crippen LogP contribution in [0.3, 0.4) is 0 Å². The van der Waals surface area contributed by atoms with Crippen molar-refractivity contribution < 1.29 is 9.21 Å². The molecule has 0 aliphatic rings. The lowest BCUT2D eigenvalue weighted by Gasteiger charge is -2.07. The topological polar surface area (TPSA) is 101 Å². The highest BCUT2D eigenvalue weighted by Gasteiger charge is 2.15. The maximum atomic E-state index is 12.6. The lowest BCUT2D eigenvalue weighted by atomic mass is 10.1. The van der Waals surface area contributed by atoms with Gasteiger partial charge in [0, 0.05) is 28.6 Å². The predicted molar refractivity (Wildman–Crippen MR) is 119 cm³/mol. The molecule has 0 atom stereocenters. The number of anilines is 1. The van der Waals surface area contributed by atoms with E-state index in [1.54, 1.807) is 25.1 Å². The molecule has 4 rings (SSSR count). The van der Waals surface area contributed by atoms with Crippen LogP contribution in [0.15, 0.2) is 69.9 Å². The molecule has 7 heteroatoms. The van der Waals surface area contributed by atoms with E-state index in [1.807, 2.05) is 43.3 Å². The standard InChI is InChI=1S/C24H22N4O3/c1-3-18-13-21(29)28-23(26-18)17-10-7-11-19(12-17)25-22(30)14-20-15(2)31-24(27-20)16-8-5-4-6-9-16/h4-13H,3,14H2,1-2H3,(H,25,30)(H,26,28,29). The van der Waals surface area contributed by atoms with Gasteiger partial charge >= 0.3 is 0 Å². The molecule has 0 radical (unpaired) electrons. The molecule has 0 saturated carbocycles. The van der Waals surface area contributed by atoms with Gasteiger partial charge in [-0.2, -0.15) is 0 Å². The molecule has 0 spiro atoms. The van der Waals surface area contributed by atoms with E-state index in [2.05, 4.69) is 20.3 Å². The number of hydrogen-bond acceptors (Lipinski definition) is 5. The molecule has 7 nitrogen and oxygen atoms in total. The van der Waals surface area contributed by atoms with Crippen molar-refractivity contribution in [1.29, 1.82) is 0 Å². The molecule has 0 aliphatic heterocycles. The lowest BCUT2D eigenvalue weighted by molar-refractivity contribution is -0.115. The van der Waals surface area contributed by atoms with Crippen molar-refractivity contribution in [2.45, 2.75) is 26.7 Å². The Morgan fingerprint density at radius 1 is 1.03 bits per heavy atom. The number of aromatic nitrogens is 3.